The Bertz CT molecular complexity index is 304. The van der Waals surface area contributed by atoms with Crippen LogP contribution in [0.2, 0.25) is 0 Å². The minimum absolute atomic E-state index is 0.00722. The van der Waals surface area contributed by atoms with Crippen molar-refractivity contribution in [3.8, 4) is 0 Å². The number of fused-ring (bicyclic) bond motifs is 1. The van der Waals surface area contributed by atoms with Gasteiger partial charge in [0.2, 0.25) is 0 Å². The molecule has 1 aliphatic carbocycles. The fraction of sp³-hybridized carbons (Fsp3) is 0.833. The molecule has 1 saturated carbocycles. The van der Waals surface area contributed by atoms with Crippen LogP contribution >= 0.6 is 0 Å². The maximum Gasteiger partial charge on any atom is 0.321 e. The van der Waals surface area contributed by atoms with Gasteiger partial charge in [0.25, 0.3) is 0 Å². The molecular formula is C12H18O4. The summed E-state index contributed by atoms with van der Waals surface area (Å²) >= 11 is 0. The lowest BCUT2D eigenvalue weighted by atomic mass is 9.72. The van der Waals surface area contributed by atoms with Gasteiger partial charge in [0.1, 0.15) is 5.60 Å². The van der Waals surface area contributed by atoms with Crippen molar-refractivity contribution in [3.63, 3.8) is 0 Å². The molecule has 3 unspecified atom stereocenters. The molecule has 0 aromatic rings. The molecule has 0 radical (unpaired) electrons. The number of carbonyl (C=O) groups excluding carboxylic acids is 2. The Balaban J connectivity index is 2.19. The zero-order valence-electron chi connectivity index (χ0n) is 9.82. The molecule has 16 heavy (non-hydrogen) atoms. The zero-order valence-corrected chi connectivity index (χ0v) is 9.82. The summed E-state index contributed by atoms with van der Waals surface area (Å²) in [5.74, 6) is -1.49. The molecule has 90 valence electrons. The van der Waals surface area contributed by atoms with Crippen LogP contribution < -0.4 is 0 Å². The highest BCUT2D eigenvalue weighted by Gasteiger charge is 2.56. The van der Waals surface area contributed by atoms with Crippen molar-refractivity contribution in [2.45, 2.75) is 45.1 Å². The SMILES string of the molecule is CCOC(=O)C1C(=O)OC2(C)CCCCC12. The van der Waals surface area contributed by atoms with Gasteiger partial charge < -0.3 is 9.47 Å². The molecule has 0 N–H and O–H groups in total. The summed E-state index contributed by atoms with van der Waals surface area (Å²) in [5.41, 5.74) is -0.438. The van der Waals surface area contributed by atoms with Crippen LogP contribution in [-0.4, -0.2) is 24.1 Å². The lowest BCUT2D eigenvalue weighted by molar-refractivity contribution is -0.158. The van der Waals surface area contributed by atoms with E-state index in [0.717, 1.165) is 25.7 Å². The van der Waals surface area contributed by atoms with E-state index in [4.69, 9.17) is 9.47 Å². The Morgan fingerprint density at radius 3 is 3.00 bits per heavy atom. The first-order valence-electron chi connectivity index (χ1n) is 5.98. The molecule has 0 amide bonds. The normalized spacial score (nSPS) is 37.8. The second-order valence-electron chi connectivity index (χ2n) is 4.82. The topological polar surface area (TPSA) is 52.6 Å². The summed E-state index contributed by atoms with van der Waals surface area (Å²) in [6.45, 7) is 4.00. The maximum absolute atomic E-state index is 11.7. The summed E-state index contributed by atoms with van der Waals surface area (Å²) < 4.78 is 10.3. The summed E-state index contributed by atoms with van der Waals surface area (Å²) in [5, 5.41) is 0. The standard InChI is InChI=1S/C12H18O4/c1-3-15-10(13)9-8-6-4-5-7-12(8,2)16-11(9)14/h8-9H,3-7H2,1-2H3. The van der Waals surface area contributed by atoms with Gasteiger partial charge >= 0.3 is 11.9 Å². The average Bonchev–Trinajstić information content (AvgIpc) is 2.48. The van der Waals surface area contributed by atoms with Crippen molar-refractivity contribution in [1.29, 1.82) is 0 Å². The van der Waals surface area contributed by atoms with Crippen LogP contribution in [0.4, 0.5) is 0 Å². The second kappa shape index (κ2) is 4.07. The fourth-order valence-corrected chi connectivity index (χ4v) is 2.93. The number of carbonyl (C=O) groups is 2. The van der Waals surface area contributed by atoms with Crippen molar-refractivity contribution in [1.82, 2.24) is 0 Å². The Kier molecular flexibility index (Phi) is 2.91. The number of ether oxygens (including phenoxy) is 2. The molecule has 0 bridgehead atoms. The number of hydrogen-bond donors (Lipinski definition) is 0. The summed E-state index contributed by atoms with van der Waals surface area (Å²) in [6.07, 6.45) is 3.87. The van der Waals surface area contributed by atoms with Gasteiger partial charge in [-0.25, -0.2) is 0 Å². The van der Waals surface area contributed by atoms with E-state index >= 15 is 0 Å². The van der Waals surface area contributed by atoms with Gasteiger partial charge in [-0.1, -0.05) is 6.42 Å². The Hall–Kier alpha value is -1.06. The Morgan fingerprint density at radius 2 is 2.31 bits per heavy atom. The largest absolute Gasteiger partial charge is 0.465 e. The molecule has 2 aliphatic rings. The highest BCUT2D eigenvalue weighted by Crippen LogP contribution is 2.47. The van der Waals surface area contributed by atoms with Gasteiger partial charge in [0, 0.05) is 5.92 Å². The molecule has 1 aliphatic heterocycles. The van der Waals surface area contributed by atoms with E-state index in [-0.39, 0.29) is 5.92 Å². The molecule has 0 aromatic carbocycles. The molecule has 1 heterocycles. The third kappa shape index (κ3) is 1.70. The Labute approximate surface area is 95.3 Å². The van der Waals surface area contributed by atoms with Crippen LogP contribution in [-0.2, 0) is 19.1 Å². The van der Waals surface area contributed by atoms with Gasteiger partial charge in [0.05, 0.1) is 6.61 Å². The van der Waals surface area contributed by atoms with Crippen molar-refractivity contribution < 1.29 is 19.1 Å². The summed E-state index contributed by atoms with van der Waals surface area (Å²) in [6, 6.07) is 0. The zero-order chi connectivity index (χ0) is 11.8. The van der Waals surface area contributed by atoms with Crippen LogP contribution in [0, 0.1) is 11.8 Å². The van der Waals surface area contributed by atoms with Gasteiger partial charge in [-0.2, -0.15) is 0 Å². The van der Waals surface area contributed by atoms with Crippen LogP contribution in [0.15, 0.2) is 0 Å². The van der Waals surface area contributed by atoms with Gasteiger partial charge in [-0.05, 0) is 33.1 Å². The molecule has 2 fully saturated rings. The third-order valence-electron chi connectivity index (χ3n) is 3.75. The van der Waals surface area contributed by atoms with E-state index in [2.05, 4.69) is 0 Å². The summed E-state index contributed by atoms with van der Waals surface area (Å²) in [4.78, 5) is 23.5. The quantitative estimate of drug-likeness (QED) is 0.531. The van der Waals surface area contributed by atoms with E-state index in [1.54, 1.807) is 6.92 Å². The van der Waals surface area contributed by atoms with E-state index in [1.165, 1.54) is 0 Å². The predicted octanol–water partition coefficient (Wildman–Crippen LogP) is 1.67. The number of hydrogen-bond acceptors (Lipinski definition) is 4. The molecule has 1 saturated heterocycles. The van der Waals surface area contributed by atoms with Crippen LogP contribution in [0.3, 0.4) is 0 Å². The van der Waals surface area contributed by atoms with Crippen molar-refractivity contribution in [3.05, 3.63) is 0 Å². The molecule has 4 nitrogen and oxygen atoms in total. The maximum atomic E-state index is 11.7. The van der Waals surface area contributed by atoms with Gasteiger partial charge in [-0.15, -0.1) is 0 Å². The number of rotatable bonds is 2. The fourth-order valence-electron chi connectivity index (χ4n) is 2.93. The smallest absolute Gasteiger partial charge is 0.321 e. The van der Waals surface area contributed by atoms with Crippen LogP contribution in [0.1, 0.15) is 39.5 Å². The third-order valence-corrected chi connectivity index (χ3v) is 3.75. The first kappa shape index (κ1) is 11.4. The monoisotopic (exact) mass is 226 g/mol. The Morgan fingerprint density at radius 1 is 1.56 bits per heavy atom. The van der Waals surface area contributed by atoms with Gasteiger partial charge in [-0.3, -0.25) is 9.59 Å². The van der Waals surface area contributed by atoms with Crippen LogP contribution in [0.5, 0.6) is 0 Å². The van der Waals surface area contributed by atoms with E-state index in [0.29, 0.717) is 6.61 Å². The van der Waals surface area contributed by atoms with Gasteiger partial charge in [0.15, 0.2) is 5.92 Å². The van der Waals surface area contributed by atoms with E-state index in [9.17, 15) is 9.59 Å². The summed E-state index contributed by atoms with van der Waals surface area (Å²) in [7, 11) is 0. The molecule has 0 aromatic heterocycles. The van der Waals surface area contributed by atoms with Crippen LogP contribution in [0.25, 0.3) is 0 Å². The minimum Gasteiger partial charge on any atom is -0.465 e. The molecular weight excluding hydrogens is 208 g/mol. The molecule has 2 rings (SSSR count). The highest BCUT2D eigenvalue weighted by molar-refractivity contribution is 5.97. The number of esters is 2. The first-order chi connectivity index (χ1) is 7.58. The molecule has 4 heteroatoms. The lowest BCUT2D eigenvalue weighted by Crippen LogP contribution is -2.38. The van der Waals surface area contributed by atoms with E-state index < -0.39 is 23.5 Å². The lowest BCUT2D eigenvalue weighted by Gasteiger charge is -2.34. The van der Waals surface area contributed by atoms with Crippen molar-refractivity contribution >= 4 is 11.9 Å². The first-order valence-corrected chi connectivity index (χ1v) is 5.98. The van der Waals surface area contributed by atoms with Crippen molar-refractivity contribution in [2.75, 3.05) is 6.61 Å². The van der Waals surface area contributed by atoms with E-state index in [1.807, 2.05) is 6.92 Å². The molecule has 0 spiro atoms. The molecule has 3 atom stereocenters. The predicted molar refractivity (Wildman–Crippen MR) is 56.6 cm³/mol. The second-order valence-corrected chi connectivity index (χ2v) is 4.82. The van der Waals surface area contributed by atoms with Crippen molar-refractivity contribution in [2.24, 2.45) is 11.8 Å². The average molecular weight is 226 g/mol. The highest BCUT2D eigenvalue weighted by atomic mass is 16.6. The minimum atomic E-state index is -0.690.